The Morgan fingerprint density at radius 3 is 2.17 bits per heavy atom. The first-order valence-corrected chi connectivity index (χ1v) is 9.52. The average molecular weight is 423 g/mol. The molecule has 2 rings (SSSR count). The van der Waals surface area contributed by atoms with Crippen molar-refractivity contribution in [2.75, 3.05) is 26.6 Å². The van der Waals surface area contributed by atoms with E-state index in [0.717, 1.165) is 11.3 Å². The monoisotopic (exact) mass is 423 g/mol. The summed E-state index contributed by atoms with van der Waals surface area (Å²) in [6, 6.07) is 2.16. The van der Waals surface area contributed by atoms with Gasteiger partial charge >= 0.3 is 0 Å². The number of amides is 2. The number of carbonyl (C=O) groups is 2. The van der Waals surface area contributed by atoms with E-state index in [1.807, 2.05) is 0 Å². The first kappa shape index (κ1) is 22.4. The molecular formula is C19H25N3O6S. The normalized spacial score (nSPS) is 12.1. The molecule has 0 fully saturated rings. The average Bonchev–Trinajstić information content (AvgIpc) is 3.15. The van der Waals surface area contributed by atoms with Crippen molar-refractivity contribution in [3.05, 3.63) is 28.8 Å². The minimum absolute atomic E-state index is 0.248. The van der Waals surface area contributed by atoms with Gasteiger partial charge in [0.15, 0.2) is 16.6 Å². The number of rotatable bonds is 8. The first-order chi connectivity index (χ1) is 13.6. The second-order valence-electron chi connectivity index (χ2n) is 6.69. The predicted octanol–water partition coefficient (Wildman–Crippen LogP) is 2.15. The van der Waals surface area contributed by atoms with Crippen molar-refractivity contribution in [2.24, 2.45) is 0 Å². The number of ether oxygens (including phenoxy) is 3. The van der Waals surface area contributed by atoms with E-state index >= 15 is 0 Å². The highest BCUT2D eigenvalue weighted by atomic mass is 32.1. The number of aromatic nitrogens is 1. The minimum atomic E-state index is -1.05. The summed E-state index contributed by atoms with van der Waals surface area (Å²) in [5, 5.41) is 15.6. The van der Waals surface area contributed by atoms with Crippen LogP contribution >= 0.6 is 11.3 Å². The van der Waals surface area contributed by atoms with E-state index < -0.39 is 23.5 Å². The number of hydrogen-bond donors (Lipinski definition) is 3. The minimum Gasteiger partial charge on any atom is -0.493 e. The van der Waals surface area contributed by atoms with Crippen LogP contribution in [0.1, 0.15) is 36.0 Å². The molecule has 0 aliphatic rings. The van der Waals surface area contributed by atoms with Crippen molar-refractivity contribution in [2.45, 2.75) is 32.4 Å². The van der Waals surface area contributed by atoms with Crippen LogP contribution in [0.25, 0.3) is 0 Å². The molecule has 0 aliphatic carbocycles. The van der Waals surface area contributed by atoms with Crippen LogP contribution in [0.4, 0.5) is 5.13 Å². The number of aliphatic hydroxyl groups is 1. The molecule has 1 aromatic heterocycles. The summed E-state index contributed by atoms with van der Waals surface area (Å²) in [5.74, 6) is 0.0986. The van der Waals surface area contributed by atoms with Crippen LogP contribution in [0.15, 0.2) is 18.3 Å². The van der Waals surface area contributed by atoms with Crippen LogP contribution in [0.5, 0.6) is 17.2 Å². The fourth-order valence-electron chi connectivity index (χ4n) is 2.39. The Morgan fingerprint density at radius 2 is 1.72 bits per heavy atom. The van der Waals surface area contributed by atoms with Crippen LogP contribution in [0.2, 0.25) is 0 Å². The molecule has 9 nitrogen and oxygen atoms in total. The lowest BCUT2D eigenvalue weighted by Crippen LogP contribution is -2.41. The van der Waals surface area contributed by atoms with Crippen LogP contribution in [0.3, 0.4) is 0 Å². The molecule has 29 heavy (non-hydrogen) atoms. The summed E-state index contributed by atoms with van der Waals surface area (Å²) in [6.07, 6.45) is 1.50. The lowest BCUT2D eigenvalue weighted by molar-refractivity contribution is -0.117. The molecule has 1 aromatic carbocycles. The van der Waals surface area contributed by atoms with Gasteiger partial charge in [-0.2, -0.15) is 0 Å². The number of nitrogens with zero attached hydrogens (tertiary/aromatic N) is 1. The SMILES string of the molecule is COc1cc(C(=O)NC(C)C(=O)Nc2ncc(C(C)(C)O)s2)cc(OC)c1OC. The molecule has 2 amide bonds. The molecule has 1 heterocycles. The van der Waals surface area contributed by atoms with Gasteiger partial charge in [-0.25, -0.2) is 4.98 Å². The Balaban J connectivity index is 2.10. The predicted molar refractivity (Wildman–Crippen MR) is 109 cm³/mol. The largest absolute Gasteiger partial charge is 0.493 e. The van der Waals surface area contributed by atoms with Gasteiger partial charge in [0.05, 0.1) is 31.8 Å². The maximum atomic E-state index is 12.6. The highest BCUT2D eigenvalue weighted by Gasteiger charge is 2.23. The maximum Gasteiger partial charge on any atom is 0.252 e. The number of nitrogens with one attached hydrogen (secondary N) is 2. The maximum absolute atomic E-state index is 12.6. The molecule has 0 radical (unpaired) electrons. The molecule has 3 N–H and O–H groups in total. The second-order valence-corrected chi connectivity index (χ2v) is 7.72. The Labute approximate surface area is 173 Å². The van der Waals surface area contributed by atoms with Gasteiger partial charge in [-0.1, -0.05) is 11.3 Å². The second kappa shape index (κ2) is 9.10. The van der Waals surface area contributed by atoms with Crippen molar-refractivity contribution in [3.63, 3.8) is 0 Å². The molecule has 2 aromatic rings. The molecule has 0 spiro atoms. The summed E-state index contributed by atoms with van der Waals surface area (Å²) in [4.78, 5) is 29.7. The zero-order valence-corrected chi connectivity index (χ0v) is 18.0. The fraction of sp³-hybridized carbons (Fsp3) is 0.421. The van der Waals surface area contributed by atoms with E-state index in [1.165, 1.54) is 39.7 Å². The lowest BCUT2D eigenvalue weighted by atomic mass is 10.1. The first-order valence-electron chi connectivity index (χ1n) is 8.71. The van der Waals surface area contributed by atoms with Crippen molar-refractivity contribution in [3.8, 4) is 17.2 Å². The van der Waals surface area contributed by atoms with E-state index in [4.69, 9.17) is 14.2 Å². The van der Waals surface area contributed by atoms with E-state index in [-0.39, 0.29) is 5.56 Å². The van der Waals surface area contributed by atoms with Crippen LogP contribution < -0.4 is 24.8 Å². The highest BCUT2D eigenvalue weighted by Crippen LogP contribution is 2.38. The number of hydrogen-bond acceptors (Lipinski definition) is 8. The highest BCUT2D eigenvalue weighted by molar-refractivity contribution is 7.15. The van der Waals surface area contributed by atoms with Gasteiger partial charge in [0.25, 0.3) is 5.91 Å². The third-order valence-corrected chi connectivity index (χ3v) is 5.23. The summed E-state index contributed by atoms with van der Waals surface area (Å²) in [7, 11) is 4.37. The number of carbonyl (C=O) groups excluding carboxylic acids is 2. The number of benzene rings is 1. The summed E-state index contributed by atoms with van der Waals surface area (Å²) >= 11 is 1.16. The fourth-order valence-corrected chi connectivity index (χ4v) is 3.21. The number of methoxy groups -OCH3 is 3. The molecule has 0 saturated carbocycles. The van der Waals surface area contributed by atoms with Crippen LogP contribution in [0, 0.1) is 0 Å². The van der Waals surface area contributed by atoms with E-state index in [1.54, 1.807) is 20.8 Å². The van der Waals surface area contributed by atoms with Crippen molar-refractivity contribution >= 4 is 28.3 Å². The Morgan fingerprint density at radius 1 is 1.14 bits per heavy atom. The van der Waals surface area contributed by atoms with Crippen molar-refractivity contribution in [1.29, 1.82) is 0 Å². The van der Waals surface area contributed by atoms with Gasteiger partial charge in [-0.3, -0.25) is 9.59 Å². The third kappa shape index (κ3) is 5.36. The molecular weight excluding hydrogens is 398 g/mol. The van der Waals surface area contributed by atoms with Gasteiger partial charge in [-0.15, -0.1) is 0 Å². The van der Waals surface area contributed by atoms with Gasteiger partial charge in [0, 0.05) is 11.8 Å². The molecule has 10 heteroatoms. The molecule has 1 unspecified atom stereocenters. The standard InChI is InChI=1S/C19H25N3O6S/c1-10(16(23)22-18-20-9-14(29-18)19(2,3)25)21-17(24)11-7-12(26-4)15(28-6)13(8-11)27-5/h7-10,25H,1-6H3,(H,21,24)(H,20,22,23). The summed E-state index contributed by atoms with van der Waals surface area (Å²) < 4.78 is 15.7. The molecule has 0 aliphatic heterocycles. The van der Waals surface area contributed by atoms with Crippen LogP contribution in [-0.4, -0.2) is 49.3 Å². The topological polar surface area (TPSA) is 119 Å². The molecule has 0 saturated heterocycles. The smallest absolute Gasteiger partial charge is 0.252 e. The zero-order valence-electron chi connectivity index (χ0n) is 17.2. The molecule has 0 bridgehead atoms. The third-order valence-electron chi connectivity index (χ3n) is 4.01. The zero-order chi connectivity index (χ0) is 21.8. The quantitative estimate of drug-likeness (QED) is 0.595. The van der Waals surface area contributed by atoms with E-state index in [2.05, 4.69) is 15.6 Å². The Kier molecular flexibility index (Phi) is 7.04. The van der Waals surface area contributed by atoms with E-state index in [9.17, 15) is 14.7 Å². The number of thiazole rings is 1. The van der Waals surface area contributed by atoms with E-state index in [0.29, 0.717) is 27.3 Å². The van der Waals surface area contributed by atoms with Crippen molar-refractivity contribution < 1.29 is 28.9 Å². The van der Waals surface area contributed by atoms with Gasteiger partial charge in [0.1, 0.15) is 6.04 Å². The molecule has 1 atom stereocenters. The summed E-state index contributed by atoms with van der Waals surface area (Å²) in [5.41, 5.74) is -0.801. The Hall–Kier alpha value is -2.85. The summed E-state index contributed by atoms with van der Waals surface area (Å²) in [6.45, 7) is 4.81. The van der Waals surface area contributed by atoms with Gasteiger partial charge < -0.3 is 30.0 Å². The van der Waals surface area contributed by atoms with Gasteiger partial charge in [-0.05, 0) is 32.9 Å². The van der Waals surface area contributed by atoms with Crippen LogP contribution in [-0.2, 0) is 10.4 Å². The lowest BCUT2D eigenvalue weighted by Gasteiger charge is -2.16. The molecule has 158 valence electrons. The number of anilines is 1. The Bertz CT molecular complexity index is 865. The van der Waals surface area contributed by atoms with Gasteiger partial charge in [0.2, 0.25) is 11.7 Å². The van der Waals surface area contributed by atoms with Crippen molar-refractivity contribution in [1.82, 2.24) is 10.3 Å².